The molecule has 3 heteroatoms. The van der Waals surface area contributed by atoms with Crippen LogP contribution in [0.4, 0.5) is 11.4 Å². The number of aryl methyl sites for hydroxylation is 3. The maximum atomic E-state index is 5.29. The summed E-state index contributed by atoms with van der Waals surface area (Å²) in [5, 5.41) is 7.60. The van der Waals surface area contributed by atoms with E-state index < -0.39 is 0 Å². The van der Waals surface area contributed by atoms with Crippen molar-refractivity contribution in [2.45, 2.75) is 79.8 Å². The van der Waals surface area contributed by atoms with Gasteiger partial charge in [0.05, 0.1) is 11.4 Å². The molecule has 0 N–H and O–H groups in total. The molecule has 0 aromatic heterocycles. The van der Waals surface area contributed by atoms with Crippen molar-refractivity contribution < 1.29 is 0 Å². The predicted octanol–water partition coefficient (Wildman–Crippen LogP) is 7.88. The molecule has 176 valence electrons. The van der Waals surface area contributed by atoms with Crippen LogP contribution >= 0.6 is 0 Å². The largest absolute Gasteiger partial charge is 0.300 e. The van der Waals surface area contributed by atoms with E-state index in [4.69, 9.17) is 5.10 Å². The van der Waals surface area contributed by atoms with E-state index in [9.17, 15) is 0 Å². The summed E-state index contributed by atoms with van der Waals surface area (Å²) < 4.78 is 0. The lowest BCUT2D eigenvalue weighted by Crippen LogP contribution is -2.53. The van der Waals surface area contributed by atoms with E-state index in [-0.39, 0.29) is 11.6 Å². The van der Waals surface area contributed by atoms with Crippen molar-refractivity contribution in [1.29, 1.82) is 0 Å². The summed E-state index contributed by atoms with van der Waals surface area (Å²) in [6.07, 6.45) is 2.35. The van der Waals surface area contributed by atoms with Crippen LogP contribution in [0.1, 0.15) is 74.4 Å². The molecule has 34 heavy (non-hydrogen) atoms. The molecule has 2 atom stereocenters. The van der Waals surface area contributed by atoms with Crippen molar-refractivity contribution in [3.63, 3.8) is 0 Å². The molecule has 0 saturated carbocycles. The second-order valence-electron chi connectivity index (χ2n) is 9.56. The molecule has 3 aromatic rings. The Morgan fingerprint density at radius 3 is 2.15 bits per heavy atom. The van der Waals surface area contributed by atoms with Gasteiger partial charge in [0.15, 0.2) is 5.84 Å². The highest BCUT2D eigenvalue weighted by Crippen LogP contribution is 2.60. The van der Waals surface area contributed by atoms with Gasteiger partial charge in [0.25, 0.3) is 0 Å². The lowest BCUT2D eigenvalue weighted by molar-refractivity contribution is 0.346. The van der Waals surface area contributed by atoms with Crippen molar-refractivity contribution in [2.24, 2.45) is 5.10 Å². The predicted molar refractivity (Wildman–Crippen MR) is 146 cm³/mol. The first kappa shape index (κ1) is 22.7. The van der Waals surface area contributed by atoms with Gasteiger partial charge in [-0.2, -0.15) is 5.10 Å². The average molecular weight is 452 g/mol. The van der Waals surface area contributed by atoms with Crippen LogP contribution in [-0.2, 0) is 11.8 Å². The molecule has 0 aliphatic carbocycles. The van der Waals surface area contributed by atoms with Crippen molar-refractivity contribution in [3.8, 4) is 11.1 Å². The van der Waals surface area contributed by atoms with E-state index in [2.05, 4.69) is 86.1 Å². The van der Waals surface area contributed by atoms with Crippen LogP contribution < -0.4 is 9.91 Å². The van der Waals surface area contributed by atoms with Crippen molar-refractivity contribution in [3.05, 3.63) is 81.9 Å². The minimum Gasteiger partial charge on any atom is -0.300 e. The third-order valence-electron chi connectivity index (χ3n) is 7.95. The number of rotatable bonds is 1. The zero-order valence-electron chi connectivity index (χ0n) is 22.0. The topological polar surface area (TPSA) is 18.8 Å². The number of hydrogen-bond donors (Lipinski definition) is 0. The summed E-state index contributed by atoms with van der Waals surface area (Å²) in [6.45, 7) is 17.0. The van der Waals surface area contributed by atoms with Gasteiger partial charge in [0.2, 0.25) is 0 Å². The van der Waals surface area contributed by atoms with Gasteiger partial charge in [0, 0.05) is 16.5 Å². The molecular weight excluding hydrogens is 414 g/mol. The van der Waals surface area contributed by atoms with Gasteiger partial charge < -0.3 is 0 Å². The Kier molecular flexibility index (Phi) is 5.35. The van der Waals surface area contributed by atoms with E-state index in [0.717, 1.165) is 18.7 Å². The highest BCUT2D eigenvalue weighted by Gasteiger charge is 2.59. The maximum Gasteiger partial charge on any atom is 0.163 e. The molecule has 3 aromatic carbocycles. The number of fused-ring (bicyclic) bond motifs is 5. The summed E-state index contributed by atoms with van der Waals surface area (Å²) in [7, 11) is 0. The van der Waals surface area contributed by atoms with Crippen molar-refractivity contribution in [1.82, 2.24) is 0 Å². The van der Waals surface area contributed by atoms with Gasteiger partial charge in [-0.25, -0.2) is 5.01 Å². The molecule has 5 aliphatic heterocycles. The Balaban J connectivity index is 0.000000574. The van der Waals surface area contributed by atoms with Crippen LogP contribution in [0, 0.1) is 20.8 Å². The number of nitrogens with zero attached hydrogens (tertiary/aromatic N) is 3. The molecule has 5 aliphatic rings. The number of amidine groups is 1. The fraction of sp³-hybridized carbons (Fsp3) is 0.387. The van der Waals surface area contributed by atoms with Gasteiger partial charge in [0.1, 0.15) is 6.17 Å². The first-order chi connectivity index (χ1) is 16.5. The summed E-state index contributed by atoms with van der Waals surface area (Å²) >= 11 is 0. The van der Waals surface area contributed by atoms with Gasteiger partial charge in [-0.3, -0.25) is 4.90 Å². The first-order valence-electron chi connectivity index (χ1n) is 13.0. The molecule has 0 spiro atoms. The standard InChI is InChI=1S/C27H25N3.2C2H6/c1-5-27-14-18-6-8-19(9-7-18)30-26(27)29-24-21(10-15(2)11-23(24)27)20-12-16(3)17(4)13-22(20)25(29)28-30;2*1-2/h6-13,26H,5,14H2,1-4H3;2*1-2H3. The minimum atomic E-state index is 0.0313. The van der Waals surface area contributed by atoms with Gasteiger partial charge in [-0.15, -0.1) is 0 Å². The fourth-order valence-corrected chi connectivity index (χ4v) is 6.32. The third-order valence-corrected chi connectivity index (χ3v) is 7.95. The molecule has 2 unspecified atom stereocenters. The number of anilines is 2. The third kappa shape index (κ3) is 2.73. The quantitative estimate of drug-likeness (QED) is 0.375. The van der Waals surface area contributed by atoms with E-state index in [1.807, 2.05) is 27.7 Å². The molecule has 0 saturated heterocycles. The van der Waals surface area contributed by atoms with Crippen LogP contribution in [0.25, 0.3) is 11.1 Å². The van der Waals surface area contributed by atoms with Crippen molar-refractivity contribution >= 4 is 17.2 Å². The Bertz CT molecular complexity index is 1300. The summed E-state index contributed by atoms with van der Waals surface area (Å²) in [5.41, 5.74) is 13.6. The second-order valence-corrected chi connectivity index (χ2v) is 9.56. The SMILES string of the molecule is CC.CC.CCC12Cc3ccc(cc3)N3N=C4c5cc(C)c(C)cc5-c5cc(C)cc1c5N4C32. The monoisotopic (exact) mass is 451 g/mol. The zero-order chi connectivity index (χ0) is 24.4. The van der Waals surface area contributed by atoms with Crippen LogP contribution in [0.2, 0.25) is 0 Å². The fourth-order valence-electron chi connectivity index (χ4n) is 6.32. The van der Waals surface area contributed by atoms with E-state index >= 15 is 0 Å². The molecule has 0 amide bonds. The summed E-state index contributed by atoms with van der Waals surface area (Å²) in [4.78, 5) is 2.57. The lowest BCUT2D eigenvalue weighted by atomic mass is 9.71. The van der Waals surface area contributed by atoms with Crippen LogP contribution in [0.3, 0.4) is 0 Å². The van der Waals surface area contributed by atoms with Crippen LogP contribution in [0.5, 0.6) is 0 Å². The average Bonchev–Trinajstić information content (AvgIpc) is 3.36. The van der Waals surface area contributed by atoms with E-state index in [1.54, 1.807) is 0 Å². The summed E-state index contributed by atoms with van der Waals surface area (Å²) in [6, 6.07) is 18.6. The van der Waals surface area contributed by atoms with E-state index in [1.165, 1.54) is 55.9 Å². The molecule has 3 nitrogen and oxygen atoms in total. The maximum absolute atomic E-state index is 5.29. The van der Waals surface area contributed by atoms with Crippen LogP contribution in [0.15, 0.2) is 53.6 Å². The molecule has 0 radical (unpaired) electrons. The number of benzene rings is 3. The number of hydrogen-bond acceptors (Lipinski definition) is 3. The smallest absolute Gasteiger partial charge is 0.163 e. The molecule has 0 fully saturated rings. The van der Waals surface area contributed by atoms with Gasteiger partial charge in [-0.05, 0) is 85.7 Å². The molecule has 5 heterocycles. The zero-order valence-corrected chi connectivity index (χ0v) is 22.0. The normalized spacial score (nSPS) is 21.4. The molecular formula is C31H37N3. The Labute approximate surface area is 205 Å². The lowest BCUT2D eigenvalue weighted by Gasteiger charge is -2.41. The van der Waals surface area contributed by atoms with Gasteiger partial charge in [-0.1, -0.05) is 64.4 Å². The second kappa shape index (κ2) is 8.01. The highest BCUT2D eigenvalue weighted by atomic mass is 15.6. The summed E-state index contributed by atoms with van der Waals surface area (Å²) in [5.74, 6) is 1.12. The Morgan fingerprint density at radius 2 is 1.50 bits per heavy atom. The highest BCUT2D eigenvalue weighted by molar-refractivity contribution is 6.23. The van der Waals surface area contributed by atoms with Gasteiger partial charge >= 0.3 is 0 Å². The van der Waals surface area contributed by atoms with E-state index in [0.29, 0.717) is 0 Å². The van der Waals surface area contributed by atoms with Crippen LogP contribution in [-0.4, -0.2) is 12.0 Å². The minimum absolute atomic E-state index is 0.0313. The molecule has 8 rings (SSSR count). The Hall–Kier alpha value is -3.07. The molecule has 2 bridgehead atoms. The number of hydrazone groups is 1. The van der Waals surface area contributed by atoms with Crippen molar-refractivity contribution in [2.75, 3.05) is 9.91 Å². The Morgan fingerprint density at radius 1 is 0.853 bits per heavy atom. The first-order valence-corrected chi connectivity index (χ1v) is 13.0.